The average Bonchev–Trinajstić information content (AvgIpc) is 4.10. The molecule has 5 amide bonds. The summed E-state index contributed by atoms with van der Waals surface area (Å²) in [7, 11) is 1.95. The molecule has 2 saturated carbocycles. The molecule has 4 N–H and O–H groups in total. The smallest absolute Gasteiger partial charge is 0.264 e. The summed E-state index contributed by atoms with van der Waals surface area (Å²) in [5.41, 5.74) is 7.24. The van der Waals surface area contributed by atoms with E-state index in [-0.39, 0.29) is 46.1 Å². The number of nitrogens with one attached hydrogen (secondary N) is 4. The van der Waals surface area contributed by atoms with E-state index < -0.39 is 29.7 Å². The van der Waals surface area contributed by atoms with Crippen molar-refractivity contribution in [1.82, 2.24) is 35.3 Å². The number of rotatable bonds is 20. The van der Waals surface area contributed by atoms with Crippen LogP contribution in [0.3, 0.4) is 0 Å². The third kappa shape index (κ3) is 11.4. The van der Waals surface area contributed by atoms with Crippen LogP contribution in [-0.4, -0.2) is 86.9 Å². The van der Waals surface area contributed by atoms with Crippen LogP contribution in [-0.2, 0) is 20.9 Å². The predicted molar refractivity (Wildman–Crippen MR) is 298 cm³/mol. The van der Waals surface area contributed by atoms with Crippen molar-refractivity contribution < 1.29 is 24.0 Å². The Labute approximate surface area is 444 Å². The summed E-state index contributed by atoms with van der Waals surface area (Å²) in [4.78, 5) is 78.3. The summed E-state index contributed by atoms with van der Waals surface area (Å²) in [6.07, 6.45) is 12.1. The molecule has 4 aliphatic rings. The summed E-state index contributed by atoms with van der Waals surface area (Å²) in [6.45, 7) is 26.6. The number of imide groups is 2. The third-order valence-corrected chi connectivity index (χ3v) is 16.8. The van der Waals surface area contributed by atoms with Gasteiger partial charge in [-0.05, 0) is 122 Å². The molecule has 15 nitrogen and oxygen atoms in total. The molecule has 3 atom stereocenters. The number of anilines is 3. The fourth-order valence-electron chi connectivity index (χ4n) is 12.6. The normalized spacial score (nSPS) is 20.8. The molecule has 2 aliphatic carbocycles. The molecule has 3 fully saturated rings. The fraction of sp³-hybridized carbons (Fsp3) is 0.458. The zero-order valence-corrected chi connectivity index (χ0v) is 45.6. The van der Waals surface area contributed by atoms with Gasteiger partial charge in [0, 0.05) is 67.7 Å². The van der Waals surface area contributed by atoms with E-state index in [1.54, 1.807) is 24.3 Å². The maximum absolute atomic E-state index is 13.8. The SMILES string of the molecule is C=C(CN(C)c1ccc(-c2cnn(CC3(C)CC4CCC(C4)C3)c2C)c(C(=C)NCCC(C)(C)CC(C)(C)CNc2cccc3c2C(=O)N(C2CCC(=O)NC2=O)C3=O)n1)/C(=C\C)C(=O)Nc1nc2ccccc2s1. The van der Waals surface area contributed by atoms with E-state index in [1.165, 1.54) is 43.4 Å². The molecule has 3 unspecified atom stereocenters. The summed E-state index contributed by atoms with van der Waals surface area (Å²) in [5, 5.41) is 17.9. The van der Waals surface area contributed by atoms with Gasteiger partial charge in [0.25, 0.3) is 17.7 Å². The van der Waals surface area contributed by atoms with Crippen molar-refractivity contribution >= 4 is 73.4 Å². The maximum Gasteiger partial charge on any atom is 0.264 e. The summed E-state index contributed by atoms with van der Waals surface area (Å²) in [6, 6.07) is 16.0. The number of amides is 5. The second kappa shape index (κ2) is 21.0. The first kappa shape index (κ1) is 52.9. The fourth-order valence-corrected chi connectivity index (χ4v) is 13.5. The standard InChI is InChI=1S/C59H72N10O5S/c1-11-40(52(71)66-56-63-44-16-12-13-18-47(44)75-56)35(2)31-67(10)48-23-21-41(43-30-62-68(37(43)4)34-59(9)28-38-19-20-39(27-38)29-59)51(64-48)36(3)60-26-25-57(5,6)32-58(7,8)33-61-45-17-14-15-42-50(45)55(74)69(54(42)73)46-22-24-49(70)65-53(46)72/h11-18,21,23,30,38-39,46,60-61H,2-3,19-20,22,24-29,31-34H2,1,4-10H3,(H,63,66,71)(H,65,70,72)/b40-11+. The van der Waals surface area contributed by atoms with E-state index in [0.29, 0.717) is 53.1 Å². The van der Waals surface area contributed by atoms with Gasteiger partial charge in [-0.15, -0.1) is 0 Å². The van der Waals surface area contributed by atoms with Crippen molar-refractivity contribution in [3.63, 3.8) is 0 Å². The second-order valence-corrected chi connectivity index (χ2v) is 24.5. The number of aromatic nitrogens is 4. The number of hydrogen-bond donors (Lipinski definition) is 4. The van der Waals surface area contributed by atoms with Gasteiger partial charge in [-0.2, -0.15) is 5.10 Å². The minimum absolute atomic E-state index is 0.0595. The first-order chi connectivity index (χ1) is 35.6. The average molecular weight is 1030 g/mol. The molecule has 2 bridgehead atoms. The molecule has 75 heavy (non-hydrogen) atoms. The minimum atomic E-state index is -1.03. The Morgan fingerprint density at radius 3 is 2.40 bits per heavy atom. The van der Waals surface area contributed by atoms with E-state index in [4.69, 9.17) is 10.1 Å². The van der Waals surface area contributed by atoms with Gasteiger partial charge < -0.3 is 15.5 Å². The number of thiazole rings is 1. The molecular formula is C59H72N10O5S. The van der Waals surface area contributed by atoms with Crippen LogP contribution in [0.15, 0.2) is 91.2 Å². The Balaban J connectivity index is 0.880. The lowest BCUT2D eigenvalue weighted by molar-refractivity contribution is -0.136. The van der Waals surface area contributed by atoms with Crippen LogP contribution in [0.4, 0.5) is 16.6 Å². The molecule has 0 spiro atoms. The minimum Gasteiger partial charge on any atom is -0.384 e. The Bertz CT molecular complexity index is 3100. The lowest BCUT2D eigenvalue weighted by Gasteiger charge is -2.38. The van der Waals surface area contributed by atoms with E-state index in [9.17, 15) is 24.0 Å². The molecular weight excluding hydrogens is 961 g/mol. The number of benzene rings is 2. The highest BCUT2D eigenvalue weighted by Crippen LogP contribution is 2.51. The predicted octanol–water partition coefficient (Wildman–Crippen LogP) is 10.6. The van der Waals surface area contributed by atoms with E-state index >= 15 is 0 Å². The topological polar surface area (TPSA) is 184 Å². The van der Waals surface area contributed by atoms with Crippen LogP contribution in [0.2, 0.25) is 0 Å². The largest absolute Gasteiger partial charge is 0.384 e. The van der Waals surface area contributed by atoms with Gasteiger partial charge in [0.1, 0.15) is 11.9 Å². The lowest BCUT2D eigenvalue weighted by atomic mass is 9.70. The number of likely N-dealkylation sites (N-methyl/N-ethyl adjacent to an activating group) is 1. The van der Waals surface area contributed by atoms with Gasteiger partial charge in [-0.1, -0.05) is 96.2 Å². The zero-order valence-electron chi connectivity index (χ0n) is 44.8. The molecule has 0 radical (unpaired) electrons. The summed E-state index contributed by atoms with van der Waals surface area (Å²) < 4.78 is 3.19. The number of hydrogen-bond acceptors (Lipinski definition) is 12. The zero-order chi connectivity index (χ0) is 53.6. The summed E-state index contributed by atoms with van der Waals surface area (Å²) >= 11 is 1.43. The number of carbonyl (C=O) groups is 5. The van der Waals surface area contributed by atoms with Crippen molar-refractivity contribution in [1.29, 1.82) is 0 Å². The van der Waals surface area contributed by atoms with Crippen molar-refractivity contribution in [3.05, 3.63) is 114 Å². The molecule has 5 heterocycles. The Morgan fingerprint density at radius 2 is 1.68 bits per heavy atom. The number of para-hydroxylation sites is 1. The van der Waals surface area contributed by atoms with E-state index in [1.807, 2.05) is 55.4 Å². The highest BCUT2D eigenvalue weighted by molar-refractivity contribution is 7.22. The van der Waals surface area contributed by atoms with Crippen molar-refractivity contribution in [2.45, 2.75) is 119 Å². The van der Waals surface area contributed by atoms with Crippen LogP contribution in [0.5, 0.6) is 0 Å². The molecule has 2 aromatic carbocycles. The van der Waals surface area contributed by atoms with Crippen LogP contribution in [0, 0.1) is 35.0 Å². The first-order valence-electron chi connectivity index (χ1n) is 26.4. The van der Waals surface area contributed by atoms with Gasteiger partial charge >= 0.3 is 0 Å². The summed E-state index contributed by atoms with van der Waals surface area (Å²) in [5.74, 6) is -0.0518. The van der Waals surface area contributed by atoms with Crippen molar-refractivity contribution in [3.8, 4) is 11.1 Å². The van der Waals surface area contributed by atoms with Crippen LogP contribution in [0.25, 0.3) is 27.0 Å². The van der Waals surface area contributed by atoms with Gasteiger partial charge in [0.05, 0.1) is 38.9 Å². The van der Waals surface area contributed by atoms with Gasteiger partial charge in [-0.25, -0.2) is 9.97 Å². The highest BCUT2D eigenvalue weighted by atomic mass is 32.1. The number of nitrogens with zero attached hydrogens (tertiary/aromatic N) is 6. The van der Waals surface area contributed by atoms with Crippen LogP contribution >= 0.6 is 11.3 Å². The number of pyridine rings is 1. The van der Waals surface area contributed by atoms with Gasteiger partial charge in [-0.3, -0.25) is 44.2 Å². The molecule has 9 rings (SSSR count). The van der Waals surface area contributed by atoms with Crippen molar-refractivity contribution in [2.24, 2.45) is 28.1 Å². The Morgan fingerprint density at radius 1 is 0.933 bits per heavy atom. The van der Waals surface area contributed by atoms with Gasteiger partial charge in [0.15, 0.2) is 5.13 Å². The number of allylic oxidation sites excluding steroid dienone is 1. The molecule has 2 aliphatic heterocycles. The Hall–Kier alpha value is -6.94. The van der Waals surface area contributed by atoms with Crippen LogP contribution in [0.1, 0.15) is 131 Å². The lowest BCUT2D eigenvalue weighted by Crippen LogP contribution is -2.54. The number of fused-ring (bicyclic) bond motifs is 4. The molecule has 5 aromatic rings. The quantitative estimate of drug-likeness (QED) is 0.0331. The van der Waals surface area contributed by atoms with Gasteiger partial charge in [0.2, 0.25) is 11.8 Å². The molecule has 16 heteroatoms. The highest BCUT2D eigenvalue weighted by Gasteiger charge is 2.46. The molecule has 1 saturated heterocycles. The third-order valence-electron chi connectivity index (χ3n) is 15.9. The molecule has 394 valence electrons. The van der Waals surface area contributed by atoms with E-state index in [0.717, 1.165) is 68.9 Å². The number of carbonyl (C=O) groups excluding carboxylic acids is 5. The molecule has 3 aromatic heterocycles. The second-order valence-electron chi connectivity index (χ2n) is 23.4. The first-order valence-corrected chi connectivity index (χ1v) is 27.2. The van der Waals surface area contributed by atoms with Crippen molar-refractivity contribution in [2.75, 3.05) is 42.2 Å². The maximum atomic E-state index is 13.8. The monoisotopic (exact) mass is 1030 g/mol. The Kier molecular flexibility index (Phi) is 14.8. The number of piperidine rings is 1. The van der Waals surface area contributed by atoms with E-state index in [2.05, 4.69) is 91.7 Å². The van der Waals surface area contributed by atoms with Crippen LogP contribution < -0.4 is 26.2 Å².